The third-order valence-electron chi connectivity index (χ3n) is 7.48. The van der Waals surface area contributed by atoms with Gasteiger partial charge in [0.1, 0.15) is 5.52 Å². The number of hydrogen-bond donors (Lipinski definition) is 0. The van der Waals surface area contributed by atoms with Crippen molar-refractivity contribution in [1.29, 1.82) is 0 Å². The van der Waals surface area contributed by atoms with Gasteiger partial charge in [-0.25, -0.2) is 4.98 Å². The number of rotatable bonds is 4. The Morgan fingerprint density at radius 1 is 0.525 bits per heavy atom. The molecule has 0 atom stereocenters. The topological polar surface area (TPSA) is 43.9 Å². The fourth-order valence-corrected chi connectivity index (χ4v) is 5.58. The van der Waals surface area contributed by atoms with E-state index in [-0.39, 0.29) is 0 Å². The highest BCUT2D eigenvalue weighted by molar-refractivity contribution is 6.10. The van der Waals surface area contributed by atoms with Crippen LogP contribution in [-0.4, -0.2) is 14.5 Å². The lowest BCUT2D eigenvalue weighted by molar-refractivity contribution is 0.620. The monoisotopic (exact) mass is 513 g/mol. The minimum atomic E-state index is 0.621. The second kappa shape index (κ2) is 9.07. The van der Waals surface area contributed by atoms with E-state index < -0.39 is 0 Å². The minimum Gasteiger partial charge on any atom is -0.436 e. The number of oxazole rings is 1. The first kappa shape index (κ1) is 22.5. The molecule has 188 valence electrons. The first-order valence-electron chi connectivity index (χ1n) is 13.3. The molecule has 0 aliphatic heterocycles. The third-order valence-corrected chi connectivity index (χ3v) is 7.48. The summed E-state index contributed by atoms with van der Waals surface area (Å²) in [6.07, 6.45) is 1.89. The molecule has 0 radical (unpaired) electrons. The van der Waals surface area contributed by atoms with Gasteiger partial charge in [0.15, 0.2) is 5.58 Å². The van der Waals surface area contributed by atoms with E-state index in [1.54, 1.807) is 0 Å². The Morgan fingerprint density at radius 3 is 2.25 bits per heavy atom. The van der Waals surface area contributed by atoms with Crippen molar-refractivity contribution in [2.45, 2.75) is 0 Å². The average Bonchev–Trinajstić information content (AvgIpc) is 3.61. The molecule has 3 heterocycles. The van der Waals surface area contributed by atoms with Crippen molar-refractivity contribution in [2.24, 2.45) is 0 Å². The van der Waals surface area contributed by atoms with Crippen LogP contribution in [0.15, 0.2) is 144 Å². The van der Waals surface area contributed by atoms with Crippen molar-refractivity contribution >= 4 is 32.9 Å². The Labute approximate surface area is 230 Å². The Balaban J connectivity index is 1.30. The van der Waals surface area contributed by atoms with Gasteiger partial charge in [-0.2, -0.15) is 0 Å². The standard InChI is InChI=1S/C36H23N3O/c1-2-9-24(10-3-1)25-19-20-37-32(22-25)26-11-8-12-28(21-26)39-33-15-6-4-13-29(33)30-18-17-27(23-34(30)39)36-38-31-14-5-7-16-35(31)40-36/h1-23H. The van der Waals surface area contributed by atoms with Gasteiger partial charge in [-0.05, 0) is 65.7 Å². The molecule has 0 spiro atoms. The highest BCUT2D eigenvalue weighted by atomic mass is 16.3. The van der Waals surface area contributed by atoms with Gasteiger partial charge in [-0.1, -0.05) is 78.9 Å². The lowest BCUT2D eigenvalue weighted by Gasteiger charge is -2.11. The molecule has 4 nitrogen and oxygen atoms in total. The van der Waals surface area contributed by atoms with Crippen molar-refractivity contribution in [3.63, 3.8) is 0 Å². The summed E-state index contributed by atoms with van der Waals surface area (Å²) in [6.45, 7) is 0. The molecule has 3 aromatic heterocycles. The van der Waals surface area contributed by atoms with E-state index in [1.165, 1.54) is 16.3 Å². The van der Waals surface area contributed by atoms with Gasteiger partial charge in [0.25, 0.3) is 0 Å². The van der Waals surface area contributed by atoms with Crippen LogP contribution in [0.5, 0.6) is 0 Å². The molecule has 0 unspecified atom stereocenters. The van der Waals surface area contributed by atoms with E-state index in [9.17, 15) is 0 Å². The molecule has 4 heteroatoms. The van der Waals surface area contributed by atoms with Gasteiger partial charge in [0, 0.05) is 33.8 Å². The minimum absolute atomic E-state index is 0.621. The maximum atomic E-state index is 6.12. The van der Waals surface area contributed by atoms with E-state index in [0.29, 0.717) is 5.89 Å². The van der Waals surface area contributed by atoms with Crippen LogP contribution in [0.2, 0.25) is 0 Å². The smallest absolute Gasteiger partial charge is 0.227 e. The second-order valence-electron chi connectivity index (χ2n) is 9.92. The van der Waals surface area contributed by atoms with Crippen LogP contribution < -0.4 is 0 Å². The van der Waals surface area contributed by atoms with Crippen LogP contribution in [0.25, 0.3) is 72.4 Å². The predicted octanol–water partition coefficient (Wildman–Crippen LogP) is 9.32. The van der Waals surface area contributed by atoms with Crippen molar-refractivity contribution < 1.29 is 4.42 Å². The number of aromatic nitrogens is 3. The second-order valence-corrected chi connectivity index (χ2v) is 9.92. The first-order valence-corrected chi connectivity index (χ1v) is 13.3. The molecule has 0 fully saturated rings. The number of fused-ring (bicyclic) bond motifs is 4. The zero-order valence-corrected chi connectivity index (χ0v) is 21.5. The predicted molar refractivity (Wildman–Crippen MR) is 162 cm³/mol. The molecule has 8 rings (SSSR count). The summed E-state index contributed by atoms with van der Waals surface area (Å²) >= 11 is 0. The molecular formula is C36H23N3O. The Bertz CT molecular complexity index is 2140. The van der Waals surface area contributed by atoms with Crippen LogP contribution in [-0.2, 0) is 0 Å². The van der Waals surface area contributed by atoms with Crippen LogP contribution in [0.4, 0.5) is 0 Å². The summed E-state index contributed by atoms with van der Waals surface area (Å²) in [5.74, 6) is 0.621. The maximum Gasteiger partial charge on any atom is 0.227 e. The Hall–Kier alpha value is -5.48. The molecule has 0 amide bonds. The number of para-hydroxylation sites is 3. The molecule has 8 aromatic rings. The lowest BCUT2D eigenvalue weighted by Crippen LogP contribution is -1.95. The van der Waals surface area contributed by atoms with Crippen molar-refractivity contribution in [2.75, 3.05) is 0 Å². The fourth-order valence-electron chi connectivity index (χ4n) is 5.58. The Kier molecular flexibility index (Phi) is 5.10. The van der Waals surface area contributed by atoms with E-state index in [2.05, 4.69) is 108 Å². The number of benzene rings is 5. The summed E-state index contributed by atoms with van der Waals surface area (Å²) in [5, 5.41) is 2.39. The summed E-state index contributed by atoms with van der Waals surface area (Å²) in [6, 6.07) is 46.1. The van der Waals surface area contributed by atoms with Crippen molar-refractivity contribution in [1.82, 2.24) is 14.5 Å². The van der Waals surface area contributed by atoms with Gasteiger partial charge >= 0.3 is 0 Å². The van der Waals surface area contributed by atoms with E-state index >= 15 is 0 Å². The molecule has 5 aromatic carbocycles. The maximum absolute atomic E-state index is 6.12. The highest BCUT2D eigenvalue weighted by Gasteiger charge is 2.16. The molecule has 0 aliphatic rings. The summed E-state index contributed by atoms with van der Waals surface area (Å²) in [4.78, 5) is 9.48. The molecule has 0 saturated heterocycles. The summed E-state index contributed by atoms with van der Waals surface area (Å²) < 4.78 is 8.44. The van der Waals surface area contributed by atoms with E-state index in [1.807, 2.05) is 36.5 Å². The zero-order chi connectivity index (χ0) is 26.5. The van der Waals surface area contributed by atoms with Crippen LogP contribution in [0, 0.1) is 0 Å². The highest BCUT2D eigenvalue weighted by Crippen LogP contribution is 2.36. The average molecular weight is 514 g/mol. The van der Waals surface area contributed by atoms with E-state index in [0.717, 1.165) is 50.2 Å². The van der Waals surface area contributed by atoms with Crippen LogP contribution in [0.3, 0.4) is 0 Å². The van der Waals surface area contributed by atoms with Gasteiger partial charge in [0.2, 0.25) is 5.89 Å². The number of nitrogens with zero attached hydrogens (tertiary/aromatic N) is 3. The molecule has 0 bridgehead atoms. The molecule has 0 aliphatic carbocycles. The third kappa shape index (κ3) is 3.69. The number of pyridine rings is 1. The lowest BCUT2D eigenvalue weighted by atomic mass is 10.0. The normalized spacial score (nSPS) is 11.5. The van der Waals surface area contributed by atoms with E-state index in [4.69, 9.17) is 14.4 Å². The molecule has 0 saturated carbocycles. The molecule has 40 heavy (non-hydrogen) atoms. The van der Waals surface area contributed by atoms with Gasteiger partial charge in [-0.3, -0.25) is 4.98 Å². The Morgan fingerprint density at radius 2 is 1.32 bits per heavy atom. The van der Waals surface area contributed by atoms with Crippen LogP contribution >= 0.6 is 0 Å². The zero-order valence-electron chi connectivity index (χ0n) is 21.5. The van der Waals surface area contributed by atoms with Gasteiger partial charge in [0.05, 0.1) is 16.7 Å². The summed E-state index contributed by atoms with van der Waals surface area (Å²) in [5.41, 5.74) is 10.2. The fraction of sp³-hybridized carbons (Fsp3) is 0. The molecule has 0 N–H and O–H groups in total. The van der Waals surface area contributed by atoms with Crippen LogP contribution in [0.1, 0.15) is 0 Å². The number of hydrogen-bond acceptors (Lipinski definition) is 3. The first-order chi connectivity index (χ1) is 19.8. The largest absolute Gasteiger partial charge is 0.436 e. The van der Waals surface area contributed by atoms with Gasteiger partial charge in [-0.15, -0.1) is 0 Å². The quantitative estimate of drug-likeness (QED) is 0.235. The molecular weight excluding hydrogens is 490 g/mol. The van der Waals surface area contributed by atoms with Gasteiger partial charge < -0.3 is 8.98 Å². The van der Waals surface area contributed by atoms with Crippen molar-refractivity contribution in [3.8, 4) is 39.5 Å². The van der Waals surface area contributed by atoms with Crippen molar-refractivity contribution in [3.05, 3.63) is 140 Å². The summed E-state index contributed by atoms with van der Waals surface area (Å²) in [7, 11) is 0. The SMILES string of the molecule is c1ccc(-c2ccnc(-c3cccc(-n4c5ccccc5c5ccc(-c6nc7ccccc7o6)cc54)c3)c2)cc1.